The minimum atomic E-state index is -1.06. The lowest BCUT2D eigenvalue weighted by Crippen LogP contribution is -2.49. The van der Waals surface area contributed by atoms with Crippen molar-refractivity contribution in [3.8, 4) is 0 Å². The molecule has 2 heterocycles. The normalized spacial score (nSPS) is 25.3. The van der Waals surface area contributed by atoms with E-state index in [1.807, 2.05) is 60.7 Å². The number of amides is 3. The molecule has 2 aromatic carbocycles. The summed E-state index contributed by atoms with van der Waals surface area (Å²) >= 11 is 0. The van der Waals surface area contributed by atoms with Crippen molar-refractivity contribution in [2.24, 2.45) is 0 Å². The summed E-state index contributed by atoms with van der Waals surface area (Å²) in [5, 5.41) is 3.07. The number of rotatable bonds is 6. The van der Waals surface area contributed by atoms with Crippen molar-refractivity contribution >= 4 is 11.9 Å². The monoisotopic (exact) mass is 391 g/mol. The topological polar surface area (TPSA) is 52.6 Å². The van der Waals surface area contributed by atoms with Gasteiger partial charge in [-0.2, -0.15) is 0 Å². The summed E-state index contributed by atoms with van der Waals surface area (Å²) in [4.78, 5) is 30.4. The Bertz CT molecular complexity index is 855. The summed E-state index contributed by atoms with van der Waals surface area (Å²) in [7, 11) is 0. The first kappa shape index (κ1) is 19.6. The van der Waals surface area contributed by atoms with Crippen LogP contribution >= 0.6 is 0 Å². The highest BCUT2D eigenvalue weighted by Gasteiger charge is 2.52. The molecule has 2 aromatic rings. The Balaban J connectivity index is 1.65. The van der Waals surface area contributed by atoms with Crippen LogP contribution in [-0.2, 0) is 16.8 Å². The van der Waals surface area contributed by atoms with E-state index in [1.165, 1.54) is 11.3 Å². The van der Waals surface area contributed by atoms with Crippen LogP contribution in [-0.4, -0.2) is 41.0 Å². The molecule has 5 nitrogen and oxygen atoms in total. The molecule has 0 spiro atoms. The van der Waals surface area contributed by atoms with Crippen LogP contribution in [0.15, 0.2) is 60.7 Å². The van der Waals surface area contributed by atoms with Gasteiger partial charge in [-0.15, -0.1) is 0 Å². The van der Waals surface area contributed by atoms with Crippen LogP contribution in [0.25, 0.3) is 0 Å². The standard InChI is InChI=1S/C24H29N3O2/c1-2-21-15-9-10-16-26(21)18-27-22(28)24(25-23(27)29,20-13-7-4-8-14-20)17-19-11-5-3-6-12-19/h3-8,11-14,21H,2,9-10,15-18H2,1H3,(H,25,29). The number of benzene rings is 2. The Labute approximate surface area is 172 Å². The zero-order valence-corrected chi connectivity index (χ0v) is 17.0. The van der Waals surface area contributed by atoms with E-state index in [-0.39, 0.29) is 11.9 Å². The van der Waals surface area contributed by atoms with Crippen molar-refractivity contribution in [1.82, 2.24) is 15.1 Å². The molecule has 2 saturated heterocycles. The van der Waals surface area contributed by atoms with Gasteiger partial charge < -0.3 is 5.32 Å². The maximum atomic E-state index is 13.7. The first-order chi connectivity index (χ1) is 14.1. The van der Waals surface area contributed by atoms with Crippen molar-refractivity contribution < 1.29 is 9.59 Å². The second-order valence-electron chi connectivity index (χ2n) is 8.11. The third kappa shape index (κ3) is 3.79. The molecule has 2 aliphatic rings. The van der Waals surface area contributed by atoms with Gasteiger partial charge in [-0.1, -0.05) is 74.0 Å². The molecular weight excluding hydrogens is 362 g/mol. The van der Waals surface area contributed by atoms with Crippen LogP contribution in [0.1, 0.15) is 43.7 Å². The van der Waals surface area contributed by atoms with Crippen LogP contribution in [0.3, 0.4) is 0 Å². The highest BCUT2D eigenvalue weighted by atomic mass is 16.2. The van der Waals surface area contributed by atoms with Crippen LogP contribution in [0.2, 0.25) is 0 Å². The maximum absolute atomic E-state index is 13.7. The van der Waals surface area contributed by atoms with E-state index >= 15 is 0 Å². The average Bonchev–Trinajstić information content (AvgIpc) is 3.00. The Kier molecular flexibility index (Phi) is 5.67. The summed E-state index contributed by atoms with van der Waals surface area (Å²) < 4.78 is 0. The third-order valence-electron chi connectivity index (χ3n) is 6.30. The molecule has 152 valence electrons. The smallest absolute Gasteiger partial charge is 0.319 e. The number of carbonyl (C=O) groups is 2. The molecule has 29 heavy (non-hydrogen) atoms. The van der Waals surface area contributed by atoms with Crippen molar-refractivity contribution in [2.75, 3.05) is 13.2 Å². The molecule has 0 saturated carbocycles. The van der Waals surface area contributed by atoms with E-state index in [0.29, 0.717) is 19.1 Å². The number of nitrogens with one attached hydrogen (secondary N) is 1. The van der Waals surface area contributed by atoms with E-state index in [4.69, 9.17) is 0 Å². The molecule has 2 fully saturated rings. The highest BCUT2D eigenvalue weighted by molar-refractivity contribution is 6.07. The van der Waals surface area contributed by atoms with Crippen LogP contribution in [0, 0.1) is 0 Å². The number of piperidine rings is 1. The number of carbonyl (C=O) groups excluding carboxylic acids is 2. The van der Waals surface area contributed by atoms with Gasteiger partial charge in [0.05, 0.1) is 6.67 Å². The molecule has 0 aliphatic carbocycles. The molecule has 0 bridgehead atoms. The van der Waals surface area contributed by atoms with E-state index in [1.54, 1.807) is 0 Å². The first-order valence-corrected chi connectivity index (χ1v) is 10.6. The molecule has 0 aromatic heterocycles. The summed E-state index contributed by atoms with van der Waals surface area (Å²) in [5.74, 6) is -0.155. The number of likely N-dealkylation sites (tertiary alicyclic amines) is 1. The van der Waals surface area contributed by atoms with Gasteiger partial charge >= 0.3 is 6.03 Å². The van der Waals surface area contributed by atoms with Gasteiger partial charge in [0, 0.05) is 19.0 Å². The highest BCUT2D eigenvalue weighted by Crippen LogP contribution is 2.33. The lowest BCUT2D eigenvalue weighted by Gasteiger charge is -2.37. The third-order valence-corrected chi connectivity index (χ3v) is 6.30. The molecule has 2 aliphatic heterocycles. The fraction of sp³-hybridized carbons (Fsp3) is 0.417. The predicted octanol–water partition coefficient (Wildman–Crippen LogP) is 3.90. The summed E-state index contributed by atoms with van der Waals surface area (Å²) in [5.41, 5.74) is 0.795. The molecular formula is C24H29N3O2. The number of hydrogen-bond donors (Lipinski definition) is 1. The van der Waals surface area contributed by atoms with Gasteiger partial charge in [0.25, 0.3) is 5.91 Å². The largest absolute Gasteiger partial charge is 0.326 e. The van der Waals surface area contributed by atoms with E-state index in [2.05, 4.69) is 17.1 Å². The minimum absolute atomic E-state index is 0.155. The second kappa shape index (κ2) is 8.37. The zero-order chi connectivity index (χ0) is 20.3. The number of urea groups is 1. The Hall–Kier alpha value is -2.66. The van der Waals surface area contributed by atoms with Gasteiger partial charge in [0.2, 0.25) is 0 Å². The fourth-order valence-corrected chi connectivity index (χ4v) is 4.69. The molecule has 0 radical (unpaired) electrons. The van der Waals surface area contributed by atoms with Crippen molar-refractivity contribution in [3.63, 3.8) is 0 Å². The van der Waals surface area contributed by atoms with Gasteiger partial charge in [-0.3, -0.25) is 9.69 Å². The SMILES string of the molecule is CCC1CCCCN1CN1C(=O)NC(Cc2ccccc2)(c2ccccc2)C1=O. The lowest BCUT2D eigenvalue weighted by atomic mass is 9.83. The molecule has 3 amide bonds. The van der Waals surface area contributed by atoms with Crippen molar-refractivity contribution in [1.29, 1.82) is 0 Å². The molecule has 5 heteroatoms. The minimum Gasteiger partial charge on any atom is -0.319 e. The van der Waals surface area contributed by atoms with Gasteiger partial charge in [-0.05, 0) is 30.4 Å². The van der Waals surface area contributed by atoms with Crippen molar-refractivity contribution in [2.45, 2.75) is 50.6 Å². The number of nitrogens with zero attached hydrogens (tertiary/aromatic N) is 2. The fourth-order valence-electron chi connectivity index (χ4n) is 4.69. The van der Waals surface area contributed by atoms with Crippen LogP contribution < -0.4 is 5.32 Å². The number of hydrogen-bond acceptors (Lipinski definition) is 3. The predicted molar refractivity (Wildman–Crippen MR) is 113 cm³/mol. The van der Waals surface area contributed by atoms with Crippen LogP contribution in [0.5, 0.6) is 0 Å². The molecule has 2 unspecified atom stereocenters. The summed E-state index contributed by atoms with van der Waals surface area (Å²) in [6.45, 7) is 3.48. The van der Waals surface area contributed by atoms with Crippen LogP contribution in [0.4, 0.5) is 4.79 Å². The van der Waals surface area contributed by atoms with Gasteiger partial charge in [0.15, 0.2) is 5.54 Å². The number of imide groups is 1. The first-order valence-electron chi connectivity index (χ1n) is 10.6. The van der Waals surface area contributed by atoms with Gasteiger partial charge in [0.1, 0.15) is 0 Å². The van der Waals surface area contributed by atoms with Gasteiger partial charge in [-0.25, -0.2) is 9.69 Å². The van der Waals surface area contributed by atoms with E-state index in [0.717, 1.165) is 36.9 Å². The Morgan fingerprint density at radius 1 is 1.00 bits per heavy atom. The maximum Gasteiger partial charge on any atom is 0.326 e. The lowest BCUT2D eigenvalue weighted by molar-refractivity contribution is -0.133. The average molecular weight is 392 g/mol. The zero-order valence-electron chi connectivity index (χ0n) is 17.0. The van der Waals surface area contributed by atoms with E-state index < -0.39 is 5.54 Å². The summed E-state index contributed by atoms with van der Waals surface area (Å²) in [6.07, 6.45) is 4.95. The molecule has 2 atom stereocenters. The van der Waals surface area contributed by atoms with Crippen molar-refractivity contribution in [3.05, 3.63) is 71.8 Å². The molecule has 1 N–H and O–H groups in total. The Morgan fingerprint density at radius 2 is 1.69 bits per heavy atom. The second-order valence-corrected chi connectivity index (χ2v) is 8.11. The quantitative estimate of drug-likeness (QED) is 0.760. The molecule has 4 rings (SSSR count). The Morgan fingerprint density at radius 3 is 2.38 bits per heavy atom. The summed E-state index contributed by atoms with van der Waals surface area (Å²) in [6, 6.07) is 19.7. The van der Waals surface area contributed by atoms with E-state index in [9.17, 15) is 9.59 Å².